The van der Waals surface area contributed by atoms with Crippen LogP contribution in [0.15, 0.2) is 82.6 Å². The van der Waals surface area contributed by atoms with E-state index in [4.69, 9.17) is 0 Å². The zero-order valence-corrected chi connectivity index (χ0v) is 17.6. The van der Waals surface area contributed by atoms with Gasteiger partial charge in [0.15, 0.2) is 11.6 Å². The fraction of sp³-hybridized carbons (Fsp3) is 0. The lowest BCUT2D eigenvalue weighted by molar-refractivity contribution is 0.513. The number of benzene rings is 4. The molecule has 0 nitrogen and oxygen atoms in total. The van der Waals surface area contributed by atoms with Crippen LogP contribution in [0.3, 0.4) is 0 Å². The summed E-state index contributed by atoms with van der Waals surface area (Å²) in [6.07, 6.45) is 0. The molecule has 0 aromatic heterocycles. The van der Waals surface area contributed by atoms with E-state index in [2.05, 4.69) is 0 Å². The predicted octanol–water partition coefficient (Wildman–Crippen LogP) is 8.65. The van der Waals surface area contributed by atoms with E-state index in [1.807, 2.05) is 0 Å². The van der Waals surface area contributed by atoms with E-state index >= 15 is 8.78 Å². The van der Waals surface area contributed by atoms with Crippen LogP contribution in [0.4, 0.5) is 26.3 Å². The van der Waals surface area contributed by atoms with Gasteiger partial charge in [0.25, 0.3) is 0 Å². The molecule has 0 spiro atoms. The van der Waals surface area contributed by atoms with Crippen molar-refractivity contribution < 1.29 is 26.3 Å². The van der Waals surface area contributed by atoms with Crippen molar-refractivity contribution in [1.82, 2.24) is 0 Å². The highest BCUT2D eigenvalue weighted by atomic mass is 33.1. The molecule has 0 aliphatic rings. The van der Waals surface area contributed by atoms with Crippen molar-refractivity contribution in [3.63, 3.8) is 0 Å². The maximum Gasteiger partial charge on any atom is 0.151 e. The van der Waals surface area contributed by atoms with Crippen molar-refractivity contribution in [3.8, 4) is 22.3 Å². The molecule has 0 N–H and O–H groups in total. The van der Waals surface area contributed by atoms with E-state index in [0.717, 1.165) is 0 Å². The van der Waals surface area contributed by atoms with Gasteiger partial charge in [-0.25, -0.2) is 26.3 Å². The predicted molar refractivity (Wildman–Crippen MR) is 115 cm³/mol. The molecular weight excluding hydrogens is 466 g/mol. The molecule has 0 amide bonds. The molecule has 0 aliphatic carbocycles. The van der Waals surface area contributed by atoms with Crippen molar-refractivity contribution in [2.24, 2.45) is 0 Å². The van der Waals surface area contributed by atoms with E-state index in [0.29, 0.717) is 33.7 Å². The van der Waals surface area contributed by atoms with Gasteiger partial charge in [0.1, 0.15) is 23.3 Å². The molecule has 32 heavy (non-hydrogen) atoms. The van der Waals surface area contributed by atoms with Gasteiger partial charge in [0, 0.05) is 12.1 Å². The molecular formula is C24H12F6S2. The Hall–Kier alpha value is -2.84. The molecule has 0 heterocycles. The van der Waals surface area contributed by atoms with E-state index in [-0.39, 0.29) is 11.1 Å². The second kappa shape index (κ2) is 9.34. The van der Waals surface area contributed by atoms with E-state index in [9.17, 15) is 17.6 Å². The first-order valence-electron chi connectivity index (χ1n) is 9.18. The Kier molecular flexibility index (Phi) is 6.53. The molecule has 8 heteroatoms. The summed E-state index contributed by atoms with van der Waals surface area (Å²) in [5, 5.41) is 0. The fourth-order valence-corrected chi connectivity index (χ4v) is 5.33. The molecule has 0 radical (unpaired) electrons. The van der Waals surface area contributed by atoms with Crippen LogP contribution < -0.4 is 0 Å². The van der Waals surface area contributed by atoms with Crippen LogP contribution in [0.5, 0.6) is 0 Å². The van der Waals surface area contributed by atoms with Crippen LogP contribution >= 0.6 is 21.6 Å². The van der Waals surface area contributed by atoms with Gasteiger partial charge < -0.3 is 0 Å². The number of hydrogen-bond acceptors (Lipinski definition) is 2. The van der Waals surface area contributed by atoms with Crippen molar-refractivity contribution in [2.45, 2.75) is 9.79 Å². The minimum atomic E-state index is -1.22. The molecule has 0 saturated carbocycles. The lowest BCUT2D eigenvalue weighted by Gasteiger charge is -2.13. The molecule has 0 saturated heterocycles. The Bertz CT molecular complexity index is 1180. The first-order valence-corrected chi connectivity index (χ1v) is 11.3. The Morgan fingerprint density at radius 1 is 0.438 bits per heavy atom. The van der Waals surface area contributed by atoms with Crippen LogP contribution in [-0.4, -0.2) is 0 Å². The molecule has 0 bridgehead atoms. The fourth-order valence-electron chi connectivity index (χ4n) is 3.12. The van der Waals surface area contributed by atoms with Gasteiger partial charge in [-0.05, 0) is 32.7 Å². The van der Waals surface area contributed by atoms with Gasteiger partial charge in [-0.1, -0.05) is 60.7 Å². The maximum atomic E-state index is 15.0. The summed E-state index contributed by atoms with van der Waals surface area (Å²) < 4.78 is 87.4. The van der Waals surface area contributed by atoms with Gasteiger partial charge in [0.05, 0.1) is 20.9 Å². The van der Waals surface area contributed by atoms with Gasteiger partial charge >= 0.3 is 0 Å². The zero-order chi connectivity index (χ0) is 22.8. The maximum absolute atomic E-state index is 15.0. The second-order valence-electron chi connectivity index (χ2n) is 6.62. The van der Waals surface area contributed by atoms with Crippen LogP contribution in [0.1, 0.15) is 0 Å². The first kappa shape index (κ1) is 22.4. The van der Waals surface area contributed by atoms with Crippen molar-refractivity contribution in [3.05, 3.63) is 108 Å². The Morgan fingerprint density at radius 2 is 0.781 bits per heavy atom. The second-order valence-corrected chi connectivity index (χ2v) is 8.77. The molecule has 4 aromatic rings. The highest BCUT2D eigenvalue weighted by Crippen LogP contribution is 2.46. The summed E-state index contributed by atoms with van der Waals surface area (Å²) >= 11 is 0. The van der Waals surface area contributed by atoms with Crippen LogP contribution in [0.2, 0.25) is 0 Å². The quantitative estimate of drug-likeness (QED) is 0.208. The smallest absolute Gasteiger partial charge is 0.151 e. The van der Waals surface area contributed by atoms with E-state index < -0.39 is 55.8 Å². The molecule has 4 rings (SSSR count). The standard InChI is InChI=1S/C24H12F6S2/c25-15-11-17(27)23(21(29)19(15)13-7-3-1-4-8-13)31-32-24-18(28)12-16(26)20(22(24)30)14-9-5-2-6-10-14/h1-12H. The first-order chi connectivity index (χ1) is 15.4. The molecule has 0 unspecified atom stereocenters. The lowest BCUT2D eigenvalue weighted by Crippen LogP contribution is -1.98. The van der Waals surface area contributed by atoms with Crippen molar-refractivity contribution in [2.75, 3.05) is 0 Å². The third-order valence-corrected chi connectivity index (χ3v) is 7.00. The normalized spacial score (nSPS) is 11.1. The van der Waals surface area contributed by atoms with Gasteiger partial charge in [0.2, 0.25) is 0 Å². The van der Waals surface area contributed by atoms with Crippen LogP contribution in [0, 0.1) is 34.9 Å². The molecule has 0 atom stereocenters. The van der Waals surface area contributed by atoms with Crippen LogP contribution in [0.25, 0.3) is 22.3 Å². The third kappa shape index (κ3) is 4.25. The third-order valence-electron chi connectivity index (χ3n) is 4.59. The number of halogens is 6. The zero-order valence-electron chi connectivity index (χ0n) is 16.0. The molecule has 162 valence electrons. The average molecular weight is 478 g/mol. The van der Waals surface area contributed by atoms with Gasteiger partial charge in [-0.15, -0.1) is 0 Å². The van der Waals surface area contributed by atoms with Crippen molar-refractivity contribution in [1.29, 1.82) is 0 Å². The topological polar surface area (TPSA) is 0 Å². The molecule has 4 aromatic carbocycles. The Labute approximate surface area is 187 Å². The SMILES string of the molecule is Fc1cc(F)c(-c2ccccc2)c(F)c1SSc1c(F)cc(F)c(-c2ccccc2)c1F. The summed E-state index contributed by atoms with van der Waals surface area (Å²) in [5.74, 6) is -7.04. The summed E-state index contributed by atoms with van der Waals surface area (Å²) in [7, 11) is 0.760. The Balaban J connectivity index is 1.74. The molecule has 0 aliphatic heterocycles. The summed E-state index contributed by atoms with van der Waals surface area (Å²) in [4.78, 5) is -1.25. The summed E-state index contributed by atoms with van der Waals surface area (Å²) in [6.45, 7) is 0. The monoisotopic (exact) mass is 478 g/mol. The minimum absolute atomic E-state index is 0.180. The summed E-state index contributed by atoms with van der Waals surface area (Å²) in [5.41, 5.74) is -0.556. The highest BCUT2D eigenvalue weighted by Gasteiger charge is 2.24. The minimum Gasteiger partial charge on any atom is -0.206 e. The largest absolute Gasteiger partial charge is 0.206 e. The van der Waals surface area contributed by atoms with E-state index in [1.165, 1.54) is 24.3 Å². The molecule has 0 fully saturated rings. The Morgan fingerprint density at radius 3 is 1.12 bits per heavy atom. The van der Waals surface area contributed by atoms with Gasteiger partial charge in [-0.3, -0.25) is 0 Å². The lowest BCUT2D eigenvalue weighted by atomic mass is 10.0. The number of hydrogen-bond donors (Lipinski definition) is 0. The van der Waals surface area contributed by atoms with Gasteiger partial charge in [-0.2, -0.15) is 0 Å². The number of rotatable bonds is 5. The summed E-state index contributed by atoms with van der Waals surface area (Å²) in [6, 6.07) is 16.4. The average Bonchev–Trinajstić information content (AvgIpc) is 2.76. The van der Waals surface area contributed by atoms with Crippen LogP contribution in [-0.2, 0) is 0 Å². The van der Waals surface area contributed by atoms with E-state index in [1.54, 1.807) is 36.4 Å². The van der Waals surface area contributed by atoms with Crippen molar-refractivity contribution >= 4 is 21.6 Å². The highest BCUT2D eigenvalue weighted by molar-refractivity contribution is 8.76.